The molecule has 0 spiro atoms. The van der Waals surface area contributed by atoms with Crippen LogP contribution in [-0.4, -0.2) is 24.4 Å². The van der Waals surface area contributed by atoms with Crippen LogP contribution in [0.4, 0.5) is 5.69 Å². The molecule has 0 radical (unpaired) electrons. The molecule has 2 rings (SSSR count). The van der Waals surface area contributed by atoms with Crippen molar-refractivity contribution in [3.63, 3.8) is 0 Å². The van der Waals surface area contributed by atoms with E-state index in [1.807, 2.05) is 24.3 Å². The maximum absolute atomic E-state index is 10.8. The van der Waals surface area contributed by atoms with Gasteiger partial charge in [0.15, 0.2) is 0 Å². The molecule has 0 aliphatic rings. The highest BCUT2D eigenvalue weighted by molar-refractivity contribution is 5.88. The van der Waals surface area contributed by atoms with E-state index in [0.29, 0.717) is 5.69 Å². The van der Waals surface area contributed by atoms with E-state index in [4.69, 9.17) is 9.84 Å². The van der Waals surface area contributed by atoms with E-state index in [-0.39, 0.29) is 5.56 Å². The summed E-state index contributed by atoms with van der Waals surface area (Å²) in [6.45, 7) is 0. The number of hydrogen-bond acceptors (Lipinski definition) is 4. The summed E-state index contributed by atoms with van der Waals surface area (Å²) >= 11 is 0. The lowest BCUT2D eigenvalue weighted by atomic mass is 10.2. The van der Waals surface area contributed by atoms with Crippen LogP contribution in [0.25, 0.3) is 0 Å². The smallest absolute Gasteiger partial charge is 0.335 e. The Labute approximate surface area is 116 Å². The third-order valence-electron chi connectivity index (χ3n) is 2.61. The van der Waals surface area contributed by atoms with Gasteiger partial charge in [-0.15, -0.1) is 0 Å². The average Bonchev–Trinajstić information content (AvgIpc) is 2.48. The third-order valence-corrected chi connectivity index (χ3v) is 2.61. The van der Waals surface area contributed by atoms with Gasteiger partial charge in [-0.3, -0.25) is 5.43 Å². The molecule has 0 unspecified atom stereocenters. The van der Waals surface area contributed by atoms with Crippen molar-refractivity contribution in [2.24, 2.45) is 5.10 Å². The summed E-state index contributed by atoms with van der Waals surface area (Å²) in [5, 5.41) is 13.0. The molecule has 0 heterocycles. The highest BCUT2D eigenvalue weighted by Crippen LogP contribution is 2.12. The Balaban J connectivity index is 2.05. The molecule has 2 N–H and O–H groups in total. The van der Waals surface area contributed by atoms with Gasteiger partial charge >= 0.3 is 5.97 Å². The Morgan fingerprint density at radius 3 is 2.80 bits per heavy atom. The monoisotopic (exact) mass is 270 g/mol. The summed E-state index contributed by atoms with van der Waals surface area (Å²) in [4.78, 5) is 10.8. The molecule has 0 atom stereocenters. The summed E-state index contributed by atoms with van der Waals surface area (Å²) < 4.78 is 5.11. The Bertz CT molecular complexity index is 639. The van der Waals surface area contributed by atoms with Crippen molar-refractivity contribution in [2.45, 2.75) is 0 Å². The first-order valence-electron chi connectivity index (χ1n) is 5.95. The largest absolute Gasteiger partial charge is 0.497 e. The molecule has 2 aromatic rings. The fourth-order valence-electron chi connectivity index (χ4n) is 1.62. The molecule has 5 nitrogen and oxygen atoms in total. The standard InChI is InChI=1S/C15H14N2O3/c1-20-14-7-2-4-11(8-14)10-16-17-13-6-3-5-12(9-13)15(18)19/h2-10,17H,1H3,(H,18,19). The van der Waals surface area contributed by atoms with Gasteiger partial charge in [0.2, 0.25) is 0 Å². The number of benzene rings is 2. The lowest BCUT2D eigenvalue weighted by Crippen LogP contribution is -1.97. The fraction of sp³-hybridized carbons (Fsp3) is 0.0667. The first kappa shape index (κ1) is 13.6. The normalized spacial score (nSPS) is 10.4. The van der Waals surface area contributed by atoms with Crippen LogP contribution in [0.15, 0.2) is 53.6 Å². The number of anilines is 1. The predicted octanol–water partition coefficient (Wildman–Crippen LogP) is 2.84. The molecule has 0 aliphatic carbocycles. The molecule has 0 saturated carbocycles. The number of carboxylic acid groups (broad SMARTS) is 1. The SMILES string of the molecule is COc1cccc(C=NNc2cccc(C(=O)O)c2)c1. The van der Waals surface area contributed by atoms with E-state index in [0.717, 1.165) is 11.3 Å². The zero-order valence-electron chi connectivity index (χ0n) is 10.9. The Hall–Kier alpha value is -2.82. The molecule has 5 heteroatoms. The number of carboxylic acids is 1. The lowest BCUT2D eigenvalue weighted by molar-refractivity contribution is 0.0697. The molecule has 0 fully saturated rings. The number of hydrogen-bond donors (Lipinski definition) is 2. The van der Waals surface area contributed by atoms with Crippen LogP contribution in [0.5, 0.6) is 5.75 Å². The zero-order chi connectivity index (χ0) is 14.4. The second-order valence-corrected chi connectivity index (χ2v) is 4.03. The van der Waals surface area contributed by atoms with Crippen molar-refractivity contribution >= 4 is 17.9 Å². The van der Waals surface area contributed by atoms with Crippen LogP contribution < -0.4 is 10.2 Å². The molecule has 0 saturated heterocycles. The number of nitrogens with zero attached hydrogens (tertiary/aromatic N) is 1. The van der Waals surface area contributed by atoms with E-state index in [2.05, 4.69) is 10.5 Å². The van der Waals surface area contributed by atoms with Crippen LogP contribution in [-0.2, 0) is 0 Å². The third kappa shape index (κ3) is 3.58. The number of aromatic carboxylic acids is 1. The van der Waals surface area contributed by atoms with Crippen molar-refractivity contribution in [3.05, 3.63) is 59.7 Å². The van der Waals surface area contributed by atoms with Crippen molar-refractivity contribution < 1.29 is 14.6 Å². The molecule has 0 bridgehead atoms. The Morgan fingerprint density at radius 1 is 1.25 bits per heavy atom. The lowest BCUT2D eigenvalue weighted by Gasteiger charge is -2.02. The maximum atomic E-state index is 10.8. The molecular formula is C15H14N2O3. The van der Waals surface area contributed by atoms with E-state index >= 15 is 0 Å². The minimum Gasteiger partial charge on any atom is -0.497 e. The molecule has 2 aromatic carbocycles. The second kappa shape index (κ2) is 6.38. The van der Waals surface area contributed by atoms with Crippen LogP contribution >= 0.6 is 0 Å². The fourth-order valence-corrected chi connectivity index (χ4v) is 1.62. The highest BCUT2D eigenvalue weighted by atomic mass is 16.5. The Morgan fingerprint density at radius 2 is 2.05 bits per heavy atom. The number of rotatable bonds is 5. The first-order valence-corrected chi connectivity index (χ1v) is 5.95. The number of hydrazone groups is 1. The van der Waals surface area contributed by atoms with Crippen molar-refractivity contribution in [1.29, 1.82) is 0 Å². The van der Waals surface area contributed by atoms with Gasteiger partial charge < -0.3 is 9.84 Å². The summed E-state index contributed by atoms with van der Waals surface area (Å²) in [6, 6.07) is 13.9. The second-order valence-electron chi connectivity index (χ2n) is 4.03. The number of carbonyl (C=O) groups is 1. The van der Waals surface area contributed by atoms with Gasteiger partial charge in [0.25, 0.3) is 0 Å². The number of methoxy groups -OCH3 is 1. The van der Waals surface area contributed by atoms with Crippen LogP contribution in [0.2, 0.25) is 0 Å². The van der Waals surface area contributed by atoms with Crippen LogP contribution in [0.3, 0.4) is 0 Å². The van der Waals surface area contributed by atoms with E-state index in [9.17, 15) is 4.79 Å². The first-order chi connectivity index (χ1) is 9.69. The van der Waals surface area contributed by atoms with Crippen molar-refractivity contribution in [2.75, 3.05) is 12.5 Å². The van der Waals surface area contributed by atoms with Gasteiger partial charge in [-0.2, -0.15) is 5.10 Å². The van der Waals surface area contributed by atoms with Gasteiger partial charge in [-0.25, -0.2) is 4.79 Å². The topological polar surface area (TPSA) is 70.9 Å². The van der Waals surface area contributed by atoms with E-state index < -0.39 is 5.97 Å². The molecule has 0 amide bonds. The van der Waals surface area contributed by atoms with Gasteiger partial charge in [0.1, 0.15) is 5.75 Å². The molecule has 0 aliphatic heterocycles. The van der Waals surface area contributed by atoms with Gasteiger partial charge in [0.05, 0.1) is 24.6 Å². The van der Waals surface area contributed by atoms with Crippen LogP contribution in [0, 0.1) is 0 Å². The molecule has 102 valence electrons. The Kier molecular flexibility index (Phi) is 4.34. The average molecular weight is 270 g/mol. The summed E-state index contributed by atoms with van der Waals surface area (Å²) in [7, 11) is 1.60. The number of nitrogens with one attached hydrogen (secondary N) is 1. The quantitative estimate of drug-likeness (QED) is 0.647. The van der Waals surface area contributed by atoms with E-state index in [1.165, 1.54) is 12.1 Å². The summed E-state index contributed by atoms with van der Waals surface area (Å²) in [6.07, 6.45) is 1.63. The highest BCUT2D eigenvalue weighted by Gasteiger charge is 2.01. The number of ether oxygens (including phenoxy) is 1. The maximum Gasteiger partial charge on any atom is 0.335 e. The van der Waals surface area contributed by atoms with Gasteiger partial charge in [0, 0.05) is 0 Å². The van der Waals surface area contributed by atoms with Gasteiger partial charge in [-0.1, -0.05) is 18.2 Å². The molecular weight excluding hydrogens is 256 g/mol. The summed E-state index contributed by atoms with van der Waals surface area (Å²) in [5.41, 5.74) is 4.50. The predicted molar refractivity (Wildman–Crippen MR) is 77.6 cm³/mol. The van der Waals surface area contributed by atoms with Crippen LogP contribution in [0.1, 0.15) is 15.9 Å². The van der Waals surface area contributed by atoms with Gasteiger partial charge in [-0.05, 0) is 35.9 Å². The van der Waals surface area contributed by atoms with Crippen molar-refractivity contribution in [1.82, 2.24) is 0 Å². The molecule has 0 aromatic heterocycles. The van der Waals surface area contributed by atoms with Crippen molar-refractivity contribution in [3.8, 4) is 5.75 Å². The summed E-state index contributed by atoms with van der Waals surface area (Å²) in [5.74, 6) is -0.216. The minimum atomic E-state index is -0.967. The minimum absolute atomic E-state index is 0.214. The molecule has 20 heavy (non-hydrogen) atoms. The zero-order valence-corrected chi connectivity index (χ0v) is 10.9. The van der Waals surface area contributed by atoms with E-state index in [1.54, 1.807) is 25.5 Å².